The second kappa shape index (κ2) is 15.9. The van der Waals surface area contributed by atoms with Gasteiger partial charge < -0.3 is 23.8 Å². The summed E-state index contributed by atoms with van der Waals surface area (Å²) in [6.07, 6.45) is 10.5. The number of hydrogen-bond acceptors (Lipinski definition) is 8. The number of aliphatic imine (C=N–C) groups is 1. The lowest BCUT2D eigenvalue weighted by molar-refractivity contribution is 0.0180. The number of piperidine rings is 1. The number of benzene rings is 2. The van der Waals surface area contributed by atoms with Crippen molar-refractivity contribution in [1.29, 1.82) is 0 Å². The fourth-order valence-electron chi connectivity index (χ4n) is 7.06. The largest absolute Gasteiger partial charge is 0.444 e. The van der Waals surface area contributed by atoms with Crippen LogP contribution in [0.15, 0.2) is 66.0 Å². The summed E-state index contributed by atoms with van der Waals surface area (Å²) in [5.74, 6) is 0.919. The van der Waals surface area contributed by atoms with Gasteiger partial charge in [0, 0.05) is 80.7 Å². The molecule has 6 aromatic rings. The molecule has 0 aliphatic carbocycles. The molecule has 1 amide bonds. The molecule has 2 aromatic carbocycles. The first-order valence-corrected chi connectivity index (χ1v) is 23.8. The van der Waals surface area contributed by atoms with Gasteiger partial charge in [-0.2, -0.15) is 5.10 Å². The van der Waals surface area contributed by atoms with Crippen LogP contribution < -0.4 is 0 Å². The highest BCUT2D eigenvalue weighted by Crippen LogP contribution is 2.41. The predicted octanol–water partition coefficient (Wildman–Crippen LogP) is 9.90. The van der Waals surface area contributed by atoms with Crippen molar-refractivity contribution in [3.63, 3.8) is 0 Å². The smallest absolute Gasteiger partial charge is 0.410 e. The highest BCUT2D eigenvalue weighted by molar-refractivity contribution is 7.22. The number of amides is 1. The number of aromatic nitrogens is 5. The lowest BCUT2D eigenvalue weighted by atomic mass is 9.94. The quantitative estimate of drug-likeness (QED) is 0.0528. The maximum absolute atomic E-state index is 12.7. The van der Waals surface area contributed by atoms with Crippen molar-refractivity contribution in [2.75, 3.05) is 33.8 Å². The van der Waals surface area contributed by atoms with Crippen molar-refractivity contribution in [2.24, 2.45) is 10.9 Å². The molecule has 4 aromatic heterocycles. The molecule has 0 N–H and O–H groups in total. The monoisotopic (exact) mass is 778 g/mol. The van der Waals surface area contributed by atoms with Crippen LogP contribution in [0.3, 0.4) is 0 Å². The SMILES string of the molecule is CN(C)/C=N/c1ncc2c(n1)c(-c1cc(-c3cc4ccccc4s3)c3c(cnn3COCC[Si](C)(C)C)c1)cn2CCC1CCN(C(=O)OC(C)(C)C)CC1. The van der Waals surface area contributed by atoms with E-state index >= 15 is 0 Å². The lowest BCUT2D eigenvalue weighted by Crippen LogP contribution is -2.41. The molecular weight excluding hydrogens is 725 g/mol. The summed E-state index contributed by atoms with van der Waals surface area (Å²) >= 11 is 1.80. The van der Waals surface area contributed by atoms with Gasteiger partial charge in [0.2, 0.25) is 0 Å². The van der Waals surface area contributed by atoms with Crippen LogP contribution in [-0.4, -0.2) is 94.0 Å². The van der Waals surface area contributed by atoms with Crippen molar-refractivity contribution in [3.8, 4) is 21.6 Å². The molecular formula is C42H54N8O3SSi. The van der Waals surface area contributed by atoms with E-state index in [-0.39, 0.29) is 6.09 Å². The number of carbonyl (C=O) groups excluding carboxylic acids is 1. The molecule has 0 radical (unpaired) electrons. The van der Waals surface area contributed by atoms with Crippen LogP contribution in [0.2, 0.25) is 25.7 Å². The van der Waals surface area contributed by atoms with Crippen LogP contribution in [0, 0.1) is 5.92 Å². The number of fused-ring (bicyclic) bond motifs is 3. The average Bonchev–Trinajstić information content (AvgIpc) is 3.85. The minimum atomic E-state index is -1.22. The van der Waals surface area contributed by atoms with Crippen LogP contribution >= 0.6 is 11.3 Å². The Morgan fingerprint density at radius 3 is 2.56 bits per heavy atom. The van der Waals surface area contributed by atoms with Gasteiger partial charge in [0.1, 0.15) is 17.8 Å². The average molecular weight is 779 g/mol. The number of carbonyl (C=O) groups is 1. The van der Waals surface area contributed by atoms with Crippen molar-refractivity contribution < 1.29 is 14.3 Å². The maximum Gasteiger partial charge on any atom is 0.410 e. The van der Waals surface area contributed by atoms with Crippen LogP contribution in [0.5, 0.6) is 0 Å². The minimum Gasteiger partial charge on any atom is -0.444 e. The van der Waals surface area contributed by atoms with Crippen LogP contribution in [0.4, 0.5) is 10.7 Å². The highest BCUT2D eigenvalue weighted by atomic mass is 32.1. The van der Waals surface area contributed by atoms with Gasteiger partial charge in [0.05, 0.1) is 29.8 Å². The normalized spacial score (nSPS) is 14.6. The molecule has 1 saturated heterocycles. The highest BCUT2D eigenvalue weighted by Gasteiger charge is 2.27. The molecule has 13 heteroatoms. The Balaban J connectivity index is 1.24. The summed E-state index contributed by atoms with van der Waals surface area (Å²) in [7, 11) is 2.65. The Bertz CT molecular complexity index is 2290. The fraction of sp³-hybridized carbons (Fsp3) is 0.452. The van der Waals surface area contributed by atoms with Gasteiger partial charge in [-0.1, -0.05) is 37.8 Å². The summed E-state index contributed by atoms with van der Waals surface area (Å²) in [6, 6.07) is 16.5. The molecule has 0 spiro atoms. The van der Waals surface area contributed by atoms with Gasteiger partial charge >= 0.3 is 6.09 Å². The van der Waals surface area contributed by atoms with Gasteiger partial charge in [0.25, 0.3) is 5.95 Å². The Labute approximate surface area is 329 Å². The summed E-state index contributed by atoms with van der Waals surface area (Å²) < 4.78 is 17.4. The van der Waals surface area contributed by atoms with E-state index in [2.05, 4.69) is 82.8 Å². The van der Waals surface area contributed by atoms with E-state index in [9.17, 15) is 4.79 Å². The molecule has 1 aliphatic heterocycles. The van der Waals surface area contributed by atoms with E-state index < -0.39 is 13.7 Å². The van der Waals surface area contributed by atoms with Crippen LogP contribution in [0.1, 0.15) is 40.0 Å². The van der Waals surface area contributed by atoms with E-state index in [1.54, 1.807) is 17.7 Å². The number of likely N-dealkylation sites (tertiary alicyclic amines) is 1. The Morgan fingerprint density at radius 2 is 1.84 bits per heavy atom. The summed E-state index contributed by atoms with van der Waals surface area (Å²) in [4.78, 5) is 31.9. The molecule has 55 heavy (non-hydrogen) atoms. The summed E-state index contributed by atoms with van der Waals surface area (Å²) in [5.41, 5.74) is 5.63. The zero-order valence-electron chi connectivity index (χ0n) is 33.5. The van der Waals surface area contributed by atoms with Crippen molar-refractivity contribution in [1.82, 2.24) is 34.1 Å². The Morgan fingerprint density at radius 1 is 1.05 bits per heavy atom. The predicted molar refractivity (Wildman–Crippen MR) is 228 cm³/mol. The molecule has 290 valence electrons. The standard InChI is InChI=1S/C42H54N8O3SSi/c1-42(2,3)53-41(51)48-16-13-29(14-17-48)15-18-49-26-34(38-35(49)25-43-40(46-38)44-27-47(4)5)31-21-32-24-45-50(28-52-19-20-55(6,7)8)39(32)33(22-31)37-23-30-11-9-10-12-36(30)54-37/h9-12,21-27,29H,13-20,28H2,1-8H3/b44-27+. The second-order valence-electron chi connectivity index (χ2n) is 17.1. The molecule has 5 heterocycles. The topological polar surface area (TPSA) is 103 Å². The number of rotatable bonds is 12. The van der Waals surface area contributed by atoms with E-state index in [1.807, 2.05) is 61.7 Å². The van der Waals surface area contributed by atoms with E-state index in [0.29, 0.717) is 31.7 Å². The van der Waals surface area contributed by atoms with Gasteiger partial charge in [-0.3, -0.25) is 0 Å². The van der Waals surface area contributed by atoms with Gasteiger partial charge in [0.15, 0.2) is 0 Å². The molecule has 0 bridgehead atoms. The minimum absolute atomic E-state index is 0.219. The second-order valence-corrected chi connectivity index (χ2v) is 23.9. The van der Waals surface area contributed by atoms with E-state index in [1.165, 1.54) is 15.0 Å². The van der Waals surface area contributed by atoms with Crippen molar-refractivity contribution in [3.05, 3.63) is 61.1 Å². The molecule has 7 rings (SSSR count). The number of thiophene rings is 1. The first-order chi connectivity index (χ1) is 26.2. The Hall–Kier alpha value is -4.59. The molecule has 11 nitrogen and oxygen atoms in total. The van der Waals surface area contributed by atoms with Gasteiger partial charge in [-0.05, 0) is 87.2 Å². The third-order valence-corrected chi connectivity index (χ3v) is 12.9. The molecule has 1 aliphatic rings. The number of nitrogens with zero attached hydrogens (tertiary/aromatic N) is 8. The fourth-order valence-corrected chi connectivity index (χ4v) is 8.89. The third-order valence-electron chi connectivity index (χ3n) is 10.0. The first-order valence-electron chi connectivity index (χ1n) is 19.3. The van der Waals surface area contributed by atoms with E-state index in [0.717, 1.165) is 77.1 Å². The zero-order chi connectivity index (χ0) is 38.9. The summed E-state index contributed by atoms with van der Waals surface area (Å²) in [5, 5.41) is 7.14. The number of aryl methyl sites for hydroxylation is 1. The first kappa shape index (κ1) is 38.7. The maximum atomic E-state index is 12.7. The van der Waals surface area contributed by atoms with Crippen LogP contribution in [-0.2, 0) is 22.7 Å². The van der Waals surface area contributed by atoms with Crippen molar-refractivity contribution in [2.45, 2.75) is 84.6 Å². The molecule has 1 fully saturated rings. The number of hydrogen-bond donors (Lipinski definition) is 0. The zero-order valence-corrected chi connectivity index (χ0v) is 35.3. The van der Waals surface area contributed by atoms with E-state index in [4.69, 9.17) is 19.6 Å². The number of ether oxygens (including phenoxy) is 2. The lowest BCUT2D eigenvalue weighted by Gasteiger charge is -2.33. The van der Waals surface area contributed by atoms with Gasteiger partial charge in [-0.15, -0.1) is 11.3 Å². The van der Waals surface area contributed by atoms with Crippen LogP contribution in [0.25, 0.3) is 53.6 Å². The molecule has 0 unspecified atom stereocenters. The third kappa shape index (κ3) is 9.28. The molecule has 0 saturated carbocycles. The van der Waals surface area contributed by atoms with Crippen molar-refractivity contribution >= 4 is 69.8 Å². The Kier molecular flexibility index (Phi) is 11.2. The summed E-state index contributed by atoms with van der Waals surface area (Å²) in [6.45, 7) is 16.2. The van der Waals surface area contributed by atoms with Gasteiger partial charge in [-0.25, -0.2) is 24.4 Å². The molecule has 0 atom stereocenters.